The van der Waals surface area contributed by atoms with Gasteiger partial charge in [-0.15, -0.1) is 0 Å². The molecule has 0 bridgehead atoms. The van der Waals surface area contributed by atoms with E-state index < -0.39 is 0 Å². The van der Waals surface area contributed by atoms with Crippen LogP contribution in [0.2, 0.25) is 5.09 Å². The summed E-state index contributed by atoms with van der Waals surface area (Å²) >= 11 is 2.16. The Labute approximate surface area is 72.8 Å². The molecule has 0 aliphatic rings. The van der Waals surface area contributed by atoms with Gasteiger partial charge < -0.3 is 0 Å². The Hall–Kier alpha value is 0.267. The van der Waals surface area contributed by atoms with Gasteiger partial charge in [-0.2, -0.15) is 0 Å². The van der Waals surface area contributed by atoms with Gasteiger partial charge in [-0.25, -0.2) is 0 Å². The van der Waals surface area contributed by atoms with Gasteiger partial charge in [-0.05, 0) is 0 Å². The Kier molecular flexibility index (Phi) is 6.17. The average Bonchev–Trinajstić information content (AvgIpc) is 1.89. The van der Waals surface area contributed by atoms with Gasteiger partial charge in [0.1, 0.15) is 0 Å². The Morgan fingerprint density at radius 3 is 2.50 bits per heavy atom. The van der Waals surface area contributed by atoms with Crippen LogP contribution in [0.4, 0.5) is 0 Å². The quantitative estimate of drug-likeness (QED) is 0.525. The molecule has 0 aromatic carbocycles. The summed E-state index contributed by atoms with van der Waals surface area (Å²) in [6.45, 7) is 3.78. The third-order valence-corrected chi connectivity index (χ3v) is 1.97. The maximum absolute atomic E-state index is 10.9. The van der Waals surface area contributed by atoms with Gasteiger partial charge >= 0.3 is 72.4 Å². The van der Waals surface area contributed by atoms with Gasteiger partial charge in [0, 0.05) is 0 Å². The van der Waals surface area contributed by atoms with E-state index in [-0.39, 0.29) is 0 Å². The topological polar surface area (TPSA) is 17.1 Å². The number of Topliss-reactive ketones (excluding diaryl/α,β-unsaturated/α-hetero) is 1. The number of carbonyl (C=O) groups is 1. The summed E-state index contributed by atoms with van der Waals surface area (Å²) in [4.78, 5) is 10.9. The van der Waals surface area contributed by atoms with E-state index >= 15 is 0 Å². The molecule has 10 heavy (non-hydrogen) atoms. The van der Waals surface area contributed by atoms with Gasteiger partial charge in [0.05, 0.1) is 0 Å². The predicted octanol–water partition coefficient (Wildman–Crippen LogP) is 1.97. The standard InChI is InChI=1S/C8H15O.Li/c1-4-6-8(5-2)7(3)9;/h8H,1,4-6H2,2-3H3;. The van der Waals surface area contributed by atoms with Crippen molar-refractivity contribution in [2.24, 2.45) is 5.92 Å². The molecule has 0 radical (unpaired) electrons. The van der Waals surface area contributed by atoms with Crippen LogP contribution in [0.5, 0.6) is 0 Å². The van der Waals surface area contributed by atoms with E-state index in [9.17, 15) is 4.79 Å². The zero-order valence-corrected chi connectivity index (χ0v) is 7.31. The molecule has 0 amide bonds. The number of ketones is 1. The first kappa shape index (κ1) is 10.3. The van der Waals surface area contributed by atoms with Crippen molar-refractivity contribution < 1.29 is 4.79 Å². The summed E-state index contributed by atoms with van der Waals surface area (Å²) in [5.74, 6) is 0.691. The summed E-state index contributed by atoms with van der Waals surface area (Å²) in [7, 11) is 0. The zero-order chi connectivity index (χ0) is 7.98. The molecular formula is C8H15LiO. The number of hydrogen-bond acceptors (Lipinski definition) is 1. The van der Waals surface area contributed by atoms with Crippen molar-refractivity contribution in [2.45, 2.75) is 38.2 Å². The van der Waals surface area contributed by atoms with Gasteiger partial charge in [0.15, 0.2) is 0 Å². The average molecular weight is 134 g/mol. The zero-order valence-electron chi connectivity index (χ0n) is 7.31. The van der Waals surface area contributed by atoms with Crippen LogP contribution in [0.1, 0.15) is 33.1 Å². The van der Waals surface area contributed by atoms with E-state index in [1.165, 1.54) is 11.5 Å². The van der Waals surface area contributed by atoms with Crippen LogP contribution < -0.4 is 0 Å². The van der Waals surface area contributed by atoms with Gasteiger partial charge in [-0.3, -0.25) is 0 Å². The second-order valence-corrected chi connectivity index (χ2v) is 2.86. The van der Waals surface area contributed by atoms with Crippen molar-refractivity contribution in [2.75, 3.05) is 0 Å². The third kappa shape index (κ3) is 4.14. The molecule has 0 saturated carbocycles. The summed E-state index contributed by atoms with van der Waals surface area (Å²) in [5, 5.41) is 1.20. The van der Waals surface area contributed by atoms with Crippen molar-refractivity contribution in [1.29, 1.82) is 0 Å². The summed E-state index contributed by atoms with van der Waals surface area (Å²) in [6.07, 6.45) is 3.29. The van der Waals surface area contributed by atoms with Crippen LogP contribution in [0, 0.1) is 5.92 Å². The molecule has 2 heteroatoms. The Morgan fingerprint density at radius 1 is 1.60 bits per heavy atom. The van der Waals surface area contributed by atoms with Crippen LogP contribution >= 0.6 is 0 Å². The summed E-state index contributed by atoms with van der Waals surface area (Å²) in [6, 6.07) is 0. The maximum atomic E-state index is 10.9. The van der Waals surface area contributed by atoms with E-state index in [1.54, 1.807) is 6.92 Å². The summed E-state index contributed by atoms with van der Waals surface area (Å²) < 4.78 is 0. The van der Waals surface area contributed by atoms with Crippen LogP contribution in [0.25, 0.3) is 0 Å². The second kappa shape index (κ2) is 6.01. The fourth-order valence-corrected chi connectivity index (χ4v) is 1.15. The fourth-order valence-electron chi connectivity index (χ4n) is 1.15. The van der Waals surface area contributed by atoms with Gasteiger partial charge in [0.2, 0.25) is 0 Å². The van der Waals surface area contributed by atoms with Crippen LogP contribution in [0.3, 0.4) is 0 Å². The van der Waals surface area contributed by atoms with E-state index in [2.05, 4.69) is 24.6 Å². The molecule has 0 rings (SSSR count). The first-order valence-corrected chi connectivity index (χ1v) is 4.22. The minimum absolute atomic E-state index is 0.333. The molecule has 0 N–H and O–H groups in total. The van der Waals surface area contributed by atoms with Crippen molar-refractivity contribution in [1.82, 2.24) is 0 Å². The SMILES string of the molecule is [Li][CH2]CCC(CC)C(C)=O. The molecule has 0 saturated heterocycles. The molecule has 1 nitrogen and oxygen atoms in total. The Bertz CT molecular complexity index is 101. The van der Waals surface area contributed by atoms with Gasteiger partial charge in [-0.1, -0.05) is 0 Å². The number of rotatable bonds is 5. The number of carbonyl (C=O) groups excluding carboxylic acids is 1. The molecular weight excluding hydrogens is 119 g/mol. The van der Waals surface area contributed by atoms with Gasteiger partial charge in [0.25, 0.3) is 0 Å². The Balaban J connectivity index is 3.50. The van der Waals surface area contributed by atoms with Crippen LogP contribution in [0.15, 0.2) is 0 Å². The Morgan fingerprint density at radius 2 is 2.20 bits per heavy atom. The van der Waals surface area contributed by atoms with Crippen molar-refractivity contribution in [3.8, 4) is 0 Å². The molecule has 0 heterocycles. The van der Waals surface area contributed by atoms with Crippen LogP contribution in [-0.4, -0.2) is 23.5 Å². The van der Waals surface area contributed by atoms with Crippen LogP contribution in [-0.2, 0) is 4.79 Å². The molecule has 0 spiro atoms. The first-order valence-electron chi connectivity index (χ1n) is 4.22. The molecule has 0 fully saturated rings. The molecule has 0 aromatic rings. The first-order chi connectivity index (χ1) is 4.72. The molecule has 0 aliphatic heterocycles. The molecule has 1 atom stereocenters. The fraction of sp³-hybridized carbons (Fsp3) is 0.875. The van der Waals surface area contributed by atoms with Crippen molar-refractivity contribution in [3.63, 3.8) is 0 Å². The van der Waals surface area contributed by atoms with E-state index in [1.807, 2.05) is 0 Å². The van der Waals surface area contributed by atoms with E-state index in [0.717, 1.165) is 12.8 Å². The third-order valence-electron chi connectivity index (χ3n) is 1.97. The molecule has 1 unspecified atom stereocenters. The molecule has 0 aromatic heterocycles. The van der Waals surface area contributed by atoms with Crippen molar-refractivity contribution in [3.05, 3.63) is 0 Å². The summed E-state index contributed by atoms with van der Waals surface area (Å²) in [5.41, 5.74) is 0. The predicted molar refractivity (Wildman–Crippen MR) is 44.3 cm³/mol. The van der Waals surface area contributed by atoms with E-state index in [4.69, 9.17) is 0 Å². The second-order valence-electron chi connectivity index (χ2n) is 2.86. The monoisotopic (exact) mass is 134 g/mol. The number of hydrogen-bond donors (Lipinski definition) is 0. The van der Waals surface area contributed by atoms with Crippen molar-refractivity contribution >= 4 is 23.5 Å². The van der Waals surface area contributed by atoms with E-state index in [0.29, 0.717) is 11.7 Å². The molecule has 54 valence electrons. The molecule has 0 aliphatic carbocycles. The normalized spacial score (nSPS) is 13.2. The minimum atomic E-state index is 0.333.